The number of hydrogen-bond donors (Lipinski definition) is 1. The van der Waals surface area contributed by atoms with E-state index in [2.05, 4.69) is 5.32 Å². The van der Waals surface area contributed by atoms with Crippen LogP contribution in [0, 0.1) is 5.92 Å². The smallest absolute Gasteiger partial charge is 0.407 e. The van der Waals surface area contributed by atoms with E-state index in [0.29, 0.717) is 31.6 Å². The fourth-order valence-electron chi connectivity index (χ4n) is 5.71. The minimum atomic E-state index is -0.578. The lowest BCUT2D eigenvalue weighted by Gasteiger charge is -2.39. The van der Waals surface area contributed by atoms with Gasteiger partial charge in [-0.05, 0) is 52.7 Å². The molecule has 5 rings (SSSR count). The van der Waals surface area contributed by atoms with Gasteiger partial charge in [0.2, 0.25) is 5.91 Å². The van der Waals surface area contributed by atoms with Gasteiger partial charge in [-0.25, -0.2) is 4.79 Å². The van der Waals surface area contributed by atoms with Crippen molar-refractivity contribution >= 4 is 35.1 Å². The Balaban J connectivity index is 0.00000226. The minimum Gasteiger partial charge on any atom is -0.444 e. The van der Waals surface area contributed by atoms with Crippen LogP contribution in [0.15, 0.2) is 64.8 Å². The van der Waals surface area contributed by atoms with Crippen LogP contribution in [0.4, 0.5) is 4.79 Å². The summed E-state index contributed by atoms with van der Waals surface area (Å²) in [5, 5.41) is 2.73. The Kier molecular flexibility index (Phi) is 9.71. The first-order valence-corrected chi connectivity index (χ1v) is 15.3. The predicted octanol–water partition coefficient (Wildman–Crippen LogP) is 5.72. The van der Waals surface area contributed by atoms with E-state index in [1.54, 1.807) is 68.1 Å². The van der Waals surface area contributed by atoms with E-state index in [1.807, 2.05) is 13.8 Å². The van der Waals surface area contributed by atoms with Crippen LogP contribution in [0.25, 0.3) is 0 Å². The predicted molar refractivity (Wildman–Crippen MR) is 170 cm³/mol. The van der Waals surface area contributed by atoms with Gasteiger partial charge in [0.25, 0.3) is 0 Å². The number of amides is 2. The van der Waals surface area contributed by atoms with E-state index in [4.69, 9.17) is 4.74 Å². The summed E-state index contributed by atoms with van der Waals surface area (Å²) in [7, 11) is 0. The maximum Gasteiger partial charge on any atom is 0.407 e. The molecule has 2 aliphatic carbocycles. The van der Waals surface area contributed by atoms with Gasteiger partial charge in [-0.3, -0.25) is 24.0 Å². The molecule has 1 fully saturated rings. The summed E-state index contributed by atoms with van der Waals surface area (Å²) in [6.07, 6.45) is 0.0832. The third kappa shape index (κ3) is 6.72. The molecule has 0 radical (unpaired) electrons. The zero-order valence-electron chi connectivity index (χ0n) is 27.0. The van der Waals surface area contributed by atoms with E-state index < -0.39 is 23.3 Å². The number of fused-ring (bicyclic) bond motifs is 2. The molecule has 1 aliphatic heterocycles. The molecule has 9 nitrogen and oxygen atoms in total. The third-order valence-corrected chi connectivity index (χ3v) is 8.00. The van der Waals surface area contributed by atoms with Gasteiger partial charge in [-0.2, -0.15) is 0 Å². The number of nitrogens with one attached hydrogen (secondary N) is 1. The Morgan fingerprint density at radius 3 is 1.87 bits per heavy atom. The molecule has 2 amide bonds. The molecule has 3 aliphatic rings. The number of rotatable bonds is 6. The molecule has 0 aromatic heterocycles. The van der Waals surface area contributed by atoms with Crippen LogP contribution in [0.2, 0.25) is 0 Å². The summed E-state index contributed by atoms with van der Waals surface area (Å²) in [5.41, 5.74) is 1.21. The second-order valence-electron chi connectivity index (χ2n) is 12.3. The fraction of sp³-hybridized carbons (Fsp3) is 0.389. The number of ether oxygens (including phenoxy) is 1. The van der Waals surface area contributed by atoms with Crippen LogP contribution in [-0.4, -0.2) is 65.3 Å². The molecule has 0 spiro atoms. The molecule has 0 bridgehead atoms. The van der Waals surface area contributed by atoms with Crippen LogP contribution in [0.5, 0.6) is 0 Å². The summed E-state index contributed by atoms with van der Waals surface area (Å²) >= 11 is 0. The second kappa shape index (κ2) is 13.1. The van der Waals surface area contributed by atoms with Crippen LogP contribution >= 0.6 is 0 Å². The Bertz CT molecular complexity index is 1670. The molecule has 45 heavy (non-hydrogen) atoms. The van der Waals surface area contributed by atoms with Crippen molar-refractivity contribution in [3.8, 4) is 0 Å². The lowest BCUT2D eigenvalue weighted by molar-refractivity contribution is -0.137. The summed E-state index contributed by atoms with van der Waals surface area (Å²) in [5.74, 6) is -1.57. The standard InChI is InChI=1S/C34H34N2O7.C2H6/c1-18-27(31(40)23-9-7-6-8-22(23)29(18)38)28-19(2)30(39)24-12-10-20(14-25(24)32(28)41)11-13-26(37)36-16-21(17-36)15-35-33(42)43-34(3,4)5;1-2/h6-10,12,14,21H,11,13,15-17H2,1-5H3,(H,35,42);1-2H3. The third-order valence-electron chi connectivity index (χ3n) is 8.00. The molecular weight excluding hydrogens is 572 g/mol. The van der Waals surface area contributed by atoms with Crippen molar-refractivity contribution in [1.82, 2.24) is 10.2 Å². The van der Waals surface area contributed by atoms with Gasteiger partial charge in [-0.1, -0.05) is 50.2 Å². The van der Waals surface area contributed by atoms with Crippen molar-refractivity contribution in [2.24, 2.45) is 5.92 Å². The highest BCUT2D eigenvalue weighted by Gasteiger charge is 2.39. The van der Waals surface area contributed by atoms with Crippen LogP contribution in [0.3, 0.4) is 0 Å². The van der Waals surface area contributed by atoms with Gasteiger partial charge in [0.1, 0.15) is 5.60 Å². The van der Waals surface area contributed by atoms with Gasteiger partial charge in [0, 0.05) is 76.5 Å². The number of ketones is 4. The molecule has 1 heterocycles. The number of benzene rings is 2. The molecule has 236 valence electrons. The zero-order chi connectivity index (χ0) is 33.2. The fourth-order valence-corrected chi connectivity index (χ4v) is 5.71. The van der Waals surface area contributed by atoms with Crippen molar-refractivity contribution in [2.75, 3.05) is 19.6 Å². The number of Topliss-reactive ketones (excluding diaryl/α,β-unsaturated/α-hetero) is 4. The highest BCUT2D eigenvalue weighted by Crippen LogP contribution is 2.37. The SMILES string of the molecule is CC.CC1=C(C2=C(C)C(=O)c3ccc(CCC(=O)N4CC(CNC(=O)OC(C)(C)C)C4)cc3C2=O)C(=O)c2ccccc2C1=O. The van der Waals surface area contributed by atoms with Gasteiger partial charge >= 0.3 is 6.09 Å². The number of aryl methyl sites for hydroxylation is 1. The van der Waals surface area contributed by atoms with Crippen molar-refractivity contribution in [3.05, 3.63) is 92.6 Å². The zero-order valence-corrected chi connectivity index (χ0v) is 27.0. The van der Waals surface area contributed by atoms with E-state index in [1.165, 1.54) is 13.8 Å². The Morgan fingerprint density at radius 2 is 1.31 bits per heavy atom. The number of carbonyl (C=O) groups is 6. The van der Waals surface area contributed by atoms with E-state index >= 15 is 0 Å². The van der Waals surface area contributed by atoms with E-state index in [0.717, 1.165) is 0 Å². The average Bonchev–Trinajstić information content (AvgIpc) is 2.98. The largest absolute Gasteiger partial charge is 0.444 e. The molecule has 2 aromatic rings. The molecule has 0 atom stereocenters. The summed E-state index contributed by atoms with van der Waals surface area (Å²) in [6, 6.07) is 11.4. The highest BCUT2D eigenvalue weighted by atomic mass is 16.6. The van der Waals surface area contributed by atoms with Gasteiger partial charge in [0.05, 0.1) is 0 Å². The number of likely N-dealkylation sites (tertiary alicyclic amines) is 1. The Morgan fingerprint density at radius 1 is 0.800 bits per heavy atom. The molecule has 0 saturated carbocycles. The summed E-state index contributed by atoms with van der Waals surface area (Å²) in [6.45, 7) is 13.9. The van der Waals surface area contributed by atoms with E-state index in [-0.39, 0.29) is 74.4 Å². The Hall–Kier alpha value is -4.66. The second-order valence-corrected chi connectivity index (χ2v) is 12.3. The summed E-state index contributed by atoms with van der Waals surface area (Å²) < 4.78 is 5.24. The first kappa shape index (κ1) is 33.2. The average molecular weight is 613 g/mol. The molecule has 9 heteroatoms. The number of nitrogens with zero attached hydrogens (tertiary/aromatic N) is 1. The number of carbonyl (C=O) groups excluding carboxylic acids is 6. The van der Waals surface area contributed by atoms with Gasteiger partial charge in [-0.15, -0.1) is 0 Å². The molecular formula is C36H40N2O7. The maximum absolute atomic E-state index is 13.8. The lowest BCUT2D eigenvalue weighted by Crippen LogP contribution is -2.54. The van der Waals surface area contributed by atoms with Crippen molar-refractivity contribution in [2.45, 2.75) is 66.9 Å². The van der Waals surface area contributed by atoms with E-state index in [9.17, 15) is 28.8 Å². The summed E-state index contributed by atoms with van der Waals surface area (Å²) in [4.78, 5) is 80.1. The van der Waals surface area contributed by atoms with Crippen LogP contribution in [-0.2, 0) is 16.0 Å². The van der Waals surface area contributed by atoms with Crippen molar-refractivity contribution in [1.29, 1.82) is 0 Å². The first-order valence-electron chi connectivity index (χ1n) is 15.3. The van der Waals surface area contributed by atoms with Crippen LogP contribution < -0.4 is 5.32 Å². The first-order chi connectivity index (χ1) is 21.3. The quantitative estimate of drug-likeness (QED) is 0.442. The molecule has 2 aromatic carbocycles. The van der Waals surface area contributed by atoms with Gasteiger partial charge < -0.3 is 15.0 Å². The normalized spacial score (nSPS) is 16.5. The number of alkyl carbamates (subject to hydrolysis) is 1. The van der Waals surface area contributed by atoms with Crippen molar-refractivity contribution < 1.29 is 33.5 Å². The monoisotopic (exact) mass is 612 g/mol. The maximum atomic E-state index is 13.8. The van der Waals surface area contributed by atoms with Crippen LogP contribution in [0.1, 0.15) is 102 Å². The minimum absolute atomic E-state index is 0.0284. The number of hydrogen-bond acceptors (Lipinski definition) is 7. The molecule has 1 saturated heterocycles. The topological polar surface area (TPSA) is 127 Å². The number of allylic oxidation sites excluding steroid dienone is 4. The van der Waals surface area contributed by atoms with Crippen molar-refractivity contribution in [3.63, 3.8) is 0 Å². The Labute approximate surface area is 263 Å². The lowest BCUT2D eigenvalue weighted by atomic mass is 9.74. The highest BCUT2D eigenvalue weighted by molar-refractivity contribution is 6.36. The van der Waals surface area contributed by atoms with Gasteiger partial charge in [0.15, 0.2) is 23.1 Å². The molecule has 1 N–H and O–H groups in total. The molecule has 0 unspecified atom stereocenters.